The first-order chi connectivity index (χ1) is 13.4. The Hall–Kier alpha value is -2.11. The fraction of sp³-hybridized carbons (Fsp3) is 0.444. The van der Waals surface area contributed by atoms with Crippen molar-refractivity contribution in [3.05, 3.63) is 36.5 Å². The number of rotatable bonds is 5. The molecule has 0 spiro atoms. The molecule has 11 heteroatoms. The van der Waals surface area contributed by atoms with Gasteiger partial charge in [0.2, 0.25) is 5.03 Å². The highest BCUT2D eigenvalue weighted by atomic mass is 79.9. The minimum Gasteiger partial charge on any atom is -0.369 e. The van der Waals surface area contributed by atoms with Gasteiger partial charge in [0.25, 0.3) is 10.0 Å². The number of benzene rings is 1. The first-order valence-electron chi connectivity index (χ1n) is 9.35. The van der Waals surface area contributed by atoms with Crippen molar-refractivity contribution in [3.8, 4) is 0 Å². The fourth-order valence-corrected chi connectivity index (χ4v) is 5.12. The second-order valence-electron chi connectivity index (χ2n) is 7.05. The average molecular weight is 485 g/mol. The van der Waals surface area contributed by atoms with Crippen molar-refractivity contribution in [1.29, 1.82) is 0 Å². The van der Waals surface area contributed by atoms with Crippen molar-refractivity contribution in [3.63, 3.8) is 0 Å². The number of hydrogen-bond acceptors (Lipinski definition) is 6. The van der Waals surface area contributed by atoms with Crippen LogP contribution in [0.2, 0.25) is 0 Å². The molecule has 0 atom stereocenters. The summed E-state index contributed by atoms with van der Waals surface area (Å²) < 4.78 is 27.6. The van der Waals surface area contributed by atoms with Gasteiger partial charge in [0.1, 0.15) is 5.69 Å². The van der Waals surface area contributed by atoms with Crippen molar-refractivity contribution in [1.82, 2.24) is 19.0 Å². The zero-order chi connectivity index (χ0) is 19.7. The predicted octanol–water partition coefficient (Wildman–Crippen LogP) is 1.75. The molecule has 29 heavy (non-hydrogen) atoms. The van der Waals surface area contributed by atoms with E-state index in [1.165, 1.54) is 16.6 Å². The van der Waals surface area contributed by atoms with Crippen LogP contribution in [0.5, 0.6) is 0 Å². The lowest BCUT2D eigenvalue weighted by Crippen LogP contribution is -2.48. The van der Waals surface area contributed by atoms with Crippen LogP contribution in [0, 0.1) is 0 Å². The van der Waals surface area contributed by atoms with E-state index in [1.54, 1.807) is 7.05 Å². The minimum atomic E-state index is -3.90. The second-order valence-corrected chi connectivity index (χ2v) is 8.82. The third-order valence-corrected chi connectivity index (χ3v) is 6.85. The third kappa shape index (κ3) is 4.41. The number of nitrogens with one attached hydrogen (secondary N) is 1. The van der Waals surface area contributed by atoms with Crippen LogP contribution in [0.3, 0.4) is 0 Å². The zero-order valence-corrected chi connectivity index (χ0v) is 18.7. The number of sulfonamides is 1. The highest BCUT2D eigenvalue weighted by molar-refractivity contribution is 8.93. The molecule has 3 heterocycles. The van der Waals surface area contributed by atoms with Crippen molar-refractivity contribution in [2.24, 2.45) is 7.05 Å². The number of carbonyl (C=O) groups is 1. The van der Waals surface area contributed by atoms with Gasteiger partial charge in [0, 0.05) is 58.2 Å². The number of para-hydroxylation sites is 1. The number of amides is 2. The van der Waals surface area contributed by atoms with Crippen LogP contribution in [0.4, 0.5) is 16.2 Å². The van der Waals surface area contributed by atoms with E-state index in [9.17, 15) is 13.2 Å². The SMILES string of the molecule is Br.Cn1cc2c(n1)S(=O)(=O)N(CCCN1CCN(c3ccccc3)CC1)C(=O)N2. The summed E-state index contributed by atoms with van der Waals surface area (Å²) in [6.07, 6.45) is 2.08. The van der Waals surface area contributed by atoms with E-state index < -0.39 is 16.1 Å². The van der Waals surface area contributed by atoms with E-state index in [-0.39, 0.29) is 34.2 Å². The maximum absolute atomic E-state index is 12.7. The smallest absolute Gasteiger partial charge is 0.335 e. The molecule has 9 nitrogen and oxygen atoms in total. The molecule has 1 fully saturated rings. The molecule has 0 saturated carbocycles. The summed E-state index contributed by atoms with van der Waals surface area (Å²) in [4.78, 5) is 16.9. The number of piperazine rings is 1. The molecule has 0 radical (unpaired) electrons. The molecule has 2 aliphatic heterocycles. The number of halogens is 1. The van der Waals surface area contributed by atoms with Gasteiger partial charge >= 0.3 is 6.03 Å². The molecule has 2 aliphatic rings. The Morgan fingerprint density at radius 2 is 1.76 bits per heavy atom. The van der Waals surface area contributed by atoms with Crippen molar-refractivity contribution < 1.29 is 13.2 Å². The normalized spacial score (nSPS) is 18.7. The molecular formula is C18H25BrN6O3S. The van der Waals surface area contributed by atoms with Crippen LogP contribution in [-0.2, 0) is 17.1 Å². The summed E-state index contributed by atoms with van der Waals surface area (Å²) in [5.74, 6) is 0. The monoisotopic (exact) mass is 484 g/mol. The molecule has 0 aliphatic carbocycles. The van der Waals surface area contributed by atoms with Gasteiger partial charge in [-0.2, -0.15) is 13.5 Å². The van der Waals surface area contributed by atoms with Crippen molar-refractivity contribution in [2.75, 3.05) is 49.5 Å². The number of aromatic nitrogens is 2. The summed E-state index contributed by atoms with van der Waals surface area (Å²) in [7, 11) is -2.27. The van der Waals surface area contributed by atoms with Crippen LogP contribution in [-0.4, -0.2) is 72.7 Å². The lowest BCUT2D eigenvalue weighted by Gasteiger charge is -2.36. The van der Waals surface area contributed by atoms with Gasteiger partial charge in [0.05, 0.1) is 0 Å². The maximum atomic E-state index is 12.7. The van der Waals surface area contributed by atoms with Crippen molar-refractivity contribution in [2.45, 2.75) is 11.4 Å². The molecule has 158 valence electrons. The Bertz CT molecular complexity index is 957. The van der Waals surface area contributed by atoms with Gasteiger partial charge in [-0.3, -0.25) is 9.58 Å². The van der Waals surface area contributed by atoms with E-state index in [0.29, 0.717) is 6.42 Å². The number of nitrogens with zero attached hydrogens (tertiary/aromatic N) is 5. The molecular weight excluding hydrogens is 460 g/mol. The molecule has 1 aromatic heterocycles. The van der Waals surface area contributed by atoms with Crippen LogP contribution in [0.15, 0.2) is 41.6 Å². The van der Waals surface area contributed by atoms with E-state index in [0.717, 1.165) is 37.0 Å². The molecule has 1 aromatic carbocycles. The quantitative estimate of drug-likeness (QED) is 0.694. The predicted molar refractivity (Wildman–Crippen MR) is 116 cm³/mol. The standard InChI is InChI=1S/C18H24N6O3S.BrH/c1-21-14-16-17(20-21)28(26,27)24(18(25)19-16)9-5-8-22-10-12-23(13-11-22)15-6-3-2-4-7-15;/h2-4,6-7,14H,5,8-13H2,1H3,(H,19,25);1H. The third-order valence-electron chi connectivity index (χ3n) is 5.13. The van der Waals surface area contributed by atoms with E-state index >= 15 is 0 Å². The van der Waals surface area contributed by atoms with E-state index in [4.69, 9.17) is 0 Å². The van der Waals surface area contributed by atoms with Crippen molar-refractivity contribution >= 4 is 44.4 Å². The Balaban J connectivity index is 0.00000240. The lowest BCUT2D eigenvalue weighted by atomic mass is 10.2. The van der Waals surface area contributed by atoms with Gasteiger partial charge in [-0.05, 0) is 18.6 Å². The zero-order valence-electron chi connectivity index (χ0n) is 16.2. The topological polar surface area (TPSA) is 90.8 Å². The number of hydrogen-bond donors (Lipinski definition) is 1. The number of anilines is 2. The van der Waals surface area contributed by atoms with Crippen LogP contribution >= 0.6 is 17.0 Å². The number of carbonyl (C=O) groups excluding carboxylic acids is 1. The molecule has 0 unspecified atom stereocenters. The largest absolute Gasteiger partial charge is 0.369 e. The summed E-state index contributed by atoms with van der Waals surface area (Å²) >= 11 is 0. The van der Waals surface area contributed by atoms with Gasteiger partial charge in [-0.1, -0.05) is 18.2 Å². The Morgan fingerprint density at radius 3 is 2.45 bits per heavy atom. The average Bonchev–Trinajstić information content (AvgIpc) is 3.07. The Morgan fingerprint density at radius 1 is 1.07 bits per heavy atom. The summed E-state index contributed by atoms with van der Waals surface area (Å²) in [5.41, 5.74) is 1.46. The molecule has 1 saturated heterocycles. The highest BCUT2D eigenvalue weighted by Crippen LogP contribution is 2.28. The molecule has 2 aromatic rings. The first kappa shape index (κ1) is 21.6. The number of aryl methyl sites for hydroxylation is 1. The summed E-state index contributed by atoms with van der Waals surface area (Å²) in [5, 5.41) is 6.49. The number of fused-ring (bicyclic) bond motifs is 1. The van der Waals surface area contributed by atoms with Gasteiger partial charge in [-0.25, -0.2) is 9.10 Å². The summed E-state index contributed by atoms with van der Waals surface area (Å²) in [6.45, 7) is 4.59. The van der Waals surface area contributed by atoms with E-state index in [1.807, 2.05) is 18.2 Å². The Kier molecular flexibility index (Phi) is 6.49. The molecule has 0 bridgehead atoms. The van der Waals surface area contributed by atoms with Gasteiger partial charge in [-0.15, -0.1) is 17.0 Å². The fourth-order valence-electron chi connectivity index (χ4n) is 3.66. The van der Waals surface area contributed by atoms with Gasteiger partial charge < -0.3 is 10.2 Å². The van der Waals surface area contributed by atoms with Crippen LogP contribution in [0.25, 0.3) is 0 Å². The number of urea groups is 1. The van der Waals surface area contributed by atoms with Gasteiger partial charge in [0.15, 0.2) is 0 Å². The minimum absolute atomic E-state index is 0. The molecule has 2 amide bonds. The molecule has 4 rings (SSSR count). The lowest BCUT2D eigenvalue weighted by molar-refractivity contribution is 0.225. The summed E-state index contributed by atoms with van der Waals surface area (Å²) in [6, 6.07) is 9.70. The maximum Gasteiger partial charge on any atom is 0.335 e. The Labute approximate surface area is 181 Å². The highest BCUT2D eigenvalue weighted by Gasteiger charge is 2.39. The first-order valence-corrected chi connectivity index (χ1v) is 10.8. The van der Waals surface area contributed by atoms with Crippen LogP contribution in [0.1, 0.15) is 6.42 Å². The second kappa shape index (κ2) is 8.72. The molecule has 1 N–H and O–H groups in total. The van der Waals surface area contributed by atoms with Crippen LogP contribution < -0.4 is 10.2 Å². The van der Waals surface area contributed by atoms with E-state index in [2.05, 4.69) is 32.3 Å².